The summed E-state index contributed by atoms with van der Waals surface area (Å²) in [5.41, 5.74) is 3.82. The van der Waals surface area contributed by atoms with Crippen molar-refractivity contribution in [3.63, 3.8) is 0 Å². The molecule has 2 atom stereocenters. The topological polar surface area (TPSA) is 38.9 Å². The minimum atomic E-state index is 0.400. The maximum Gasteiger partial charge on any atom is 0.206 e. The Morgan fingerprint density at radius 3 is 2.85 bits per heavy atom. The molecule has 0 radical (unpaired) electrons. The van der Waals surface area contributed by atoms with Crippen molar-refractivity contribution in [2.45, 2.75) is 33.6 Å². The third-order valence-corrected chi connectivity index (χ3v) is 7.05. The number of hydrogen-bond acceptors (Lipinski definition) is 4. The Bertz CT molecular complexity index is 964. The van der Waals surface area contributed by atoms with Crippen LogP contribution < -0.4 is 9.54 Å². The zero-order valence-corrected chi connectivity index (χ0v) is 17.3. The number of rotatable bonds is 5. The SMILES string of the molecule is CCN=c1scc(-c2ccccc2OC)n1N=CC1=CCC2CC1C2(C)C. The van der Waals surface area contributed by atoms with Gasteiger partial charge in [0, 0.05) is 17.5 Å². The molecule has 0 saturated heterocycles. The molecule has 1 aromatic heterocycles. The maximum atomic E-state index is 5.57. The molecule has 5 rings (SSSR count). The van der Waals surface area contributed by atoms with Crippen LogP contribution in [0.3, 0.4) is 0 Å². The first kappa shape index (κ1) is 18.2. The molecule has 4 nitrogen and oxygen atoms in total. The summed E-state index contributed by atoms with van der Waals surface area (Å²) in [6, 6.07) is 8.07. The highest BCUT2D eigenvalue weighted by atomic mass is 32.1. The molecule has 1 fully saturated rings. The molecule has 3 aliphatic carbocycles. The summed E-state index contributed by atoms with van der Waals surface area (Å²) in [5.74, 6) is 2.31. The summed E-state index contributed by atoms with van der Waals surface area (Å²) in [7, 11) is 1.71. The molecule has 1 aromatic carbocycles. The number of benzene rings is 1. The van der Waals surface area contributed by atoms with E-state index in [0.717, 1.165) is 34.3 Å². The summed E-state index contributed by atoms with van der Waals surface area (Å²) in [5, 5.41) is 7.00. The van der Waals surface area contributed by atoms with Gasteiger partial charge in [-0.05, 0) is 54.7 Å². The molecule has 142 valence electrons. The third kappa shape index (κ3) is 3.08. The van der Waals surface area contributed by atoms with Gasteiger partial charge in [-0.1, -0.05) is 32.1 Å². The number of thiazole rings is 1. The molecule has 27 heavy (non-hydrogen) atoms. The van der Waals surface area contributed by atoms with Gasteiger partial charge in [0.25, 0.3) is 0 Å². The summed E-state index contributed by atoms with van der Waals surface area (Å²) in [6.45, 7) is 7.57. The second-order valence-corrected chi connectivity index (χ2v) is 8.72. The normalized spacial score (nSPS) is 24.0. The summed E-state index contributed by atoms with van der Waals surface area (Å²) < 4.78 is 7.53. The monoisotopic (exact) mass is 381 g/mol. The largest absolute Gasteiger partial charge is 0.496 e. The van der Waals surface area contributed by atoms with Crippen molar-refractivity contribution in [2.24, 2.45) is 27.3 Å². The number of methoxy groups -OCH3 is 1. The van der Waals surface area contributed by atoms with Crippen LogP contribution in [0.4, 0.5) is 0 Å². The molecule has 2 unspecified atom stereocenters. The number of ether oxygens (including phenoxy) is 1. The lowest BCUT2D eigenvalue weighted by atomic mass is 9.49. The lowest BCUT2D eigenvalue weighted by Gasteiger charge is -2.55. The Morgan fingerprint density at radius 1 is 1.33 bits per heavy atom. The van der Waals surface area contributed by atoms with Gasteiger partial charge in [0.15, 0.2) is 0 Å². The Labute approximate surface area is 164 Å². The van der Waals surface area contributed by atoms with Crippen LogP contribution in [0.1, 0.15) is 33.6 Å². The van der Waals surface area contributed by atoms with E-state index >= 15 is 0 Å². The van der Waals surface area contributed by atoms with Crippen molar-refractivity contribution in [2.75, 3.05) is 13.7 Å². The Hall–Kier alpha value is -2.14. The smallest absolute Gasteiger partial charge is 0.206 e. The zero-order chi connectivity index (χ0) is 19.0. The molecule has 1 heterocycles. The molecule has 0 spiro atoms. The first-order chi connectivity index (χ1) is 13.1. The van der Waals surface area contributed by atoms with E-state index < -0.39 is 0 Å². The second kappa shape index (κ2) is 7.12. The van der Waals surface area contributed by atoms with Crippen molar-refractivity contribution in [1.82, 2.24) is 4.68 Å². The van der Waals surface area contributed by atoms with E-state index in [4.69, 9.17) is 9.84 Å². The number of nitrogens with zero attached hydrogens (tertiary/aromatic N) is 3. The highest BCUT2D eigenvalue weighted by Gasteiger charge is 2.50. The van der Waals surface area contributed by atoms with Crippen LogP contribution in [0.2, 0.25) is 0 Å². The molecule has 0 aliphatic heterocycles. The van der Waals surface area contributed by atoms with Crippen LogP contribution in [-0.2, 0) is 0 Å². The quantitative estimate of drug-likeness (QED) is 0.674. The van der Waals surface area contributed by atoms with E-state index in [2.05, 4.69) is 49.5 Å². The van der Waals surface area contributed by atoms with Crippen molar-refractivity contribution in [1.29, 1.82) is 0 Å². The Morgan fingerprint density at radius 2 is 2.15 bits per heavy atom. The van der Waals surface area contributed by atoms with Crippen molar-refractivity contribution in [3.8, 4) is 17.0 Å². The van der Waals surface area contributed by atoms with Gasteiger partial charge in [0.1, 0.15) is 5.75 Å². The fraction of sp³-hybridized carbons (Fsp3) is 0.455. The predicted molar refractivity (Wildman–Crippen MR) is 112 cm³/mol. The maximum absolute atomic E-state index is 5.57. The third-order valence-electron chi connectivity index (χ3n) is 6.19. The van der Waals surface area contributed by atoms with Gasteiger partial charge < -0.3 is 4.74 Å². The van der Waals surface area contributed by atoms with Crippen LogP contribution in [0.25, 0.3) is 11.3 Å². The van der Waals surface area contributed by atoms with Gasteiger partial charge in [-0.2, -0.15) is 5.10 Å². The fourth-order valence-corrected chi connectivity index (χ4v) is 5.26. The molecular weight excluding hydrogens is 354 g/mol. The Balaban J connectivity index is 1.75. The molecule has 2 bridgehead atoms. The first-order valence-corrected chi connectivity index (χ1v) is 10.5. The molecule has 3 aliphatic rings. The van der Waals surface area contributed by atoms with Gasteiger partial charge >= 0.3 is 0 Å². The van der Waals surface area contributed by atoms with Crippen molar-refractivity contribution < 1.29 is 4.74 Å². The minimum absolute atomic E-state index is 0.400. The highest BCUT2D eigenvalue weighted by molar-refractivity contribution is 7.07. The minimum Gasteiger partial charge on any atom is -0.496 e. The molecule has 2 aromatic rings. The van der Waals surface area contributed by atoms with Crippen LogP contribution in [0.15, 0.2) is 51.4 Å². The van der Waals surface area contributed by atoms with Crippen LogP contribution in [0.5, 0.6) is 5.75 Å². The summed E-state index contributed by atoms with van der Waals surface area (Å²) >= 11 is 1.62. The van der Waals surface area contributed by atoms with E-state index in [-0.39, 0.29) is 0 Å². The summed E-state index contributed by atoms with van der Waals surface area (Å²) in [4.78, 5) is 5.55. The van der Waals surface area contributed by atoms with Gasteiger partial charge in [0.05, 0.1) is 19.0 Å². The van der Waals surface area contributed by atoms with Crippen LogP contribution in [-0.4, -0.2) is 24.5 Å². The Kier molecular flexibility index (Phi) is 4.81. The molecule has 5 heteroatoms. The summed E-state index contributed by atoms with van der Waals surface area (Å²) in [6.07, 6.45) is 6.90. The standard InChI is InChI=1S/C22H27N3OS/c1-5-23-21-25(19(14-27-21)17-8-6-7-9-20(17)26-4)24-13-15-10-11-16-12-18(15)22(16,2)3/h6-10,13-14,16,18H,5,11-12H2,1-4H3. The average molecular weight is 382 g/mol. The van der Waals surface area contributed by atoms with Crippen molar-refractivity contribution >= 4 is 17.6 Å². The molecular formula is C22H27N3OS. The predicted octanol–water partition coefficient (Wildman–Crippen LogP) is 4.97. The second-order valence-electron chi connectivity index (χ2n) is 7.88. The van der Waals surface area contributed by atoms with E-state index in [1.807, 2.05) is 22.9 Å². The first-order valence-electron chi connectivity index (χ1n) is 9.65. The zero-order valence-electron chi connectivity index (χ0n) is 16.5. The van der Waals surface area contributed by atoms with Crippen LogP contribution in [0, 0.1) is 17.3 Å². The number of allylic oxidation sites excluding steroid dienone is 2. The van der Waals surface area contributed by atoms with Gasteiger partial charge in [-0.25, -0.2) is 4.68 Å². The molecule has 0 N–H and O–H groups in total. The van der Waals surface area contributed by atoms with Gasteiger partial charge in [-0.15, -0.1) is 11.3 Å². The number of fused-ring (bicyclic) bond motifs is 1. The van der Waals surface area contributed by atoms with E-state index in [9.17, 15) is 0 Å². The molecule has 1 saturated carbocycles. The average Bonchev–Trinajstić information content (AvgIpc) is 3.09. The number of para-hydroxylation sites is 1. The number of aromatic nitrogens is 1. The lowest BCUT2D eigenvalue weighted by molar-refractivity contribution is -0.00126. The van der Waals surface area contributed by atoms with E-state index in [1.165, 1.54) is 18.4 Å². The van der Waals surface area contributed by atoms with E-state index in [0.29, 0.717) is 11.3 Å². The van der Waals surface area contributed by atoms with E-state index in [1.54, 1.807) is 18.4 Å². The fourth-order valence-electron chi connectivity index (χ4n) is 4.37. The molecule has 0 amide bonds. The highest BCUT2D eigenvalue weighted by Crippen LogP contribution is 2.58. The van der Waals surface area contributed by atoms with Crippen molar-refractivity contribution in [3.05, 3.63) is 46.1 Å². The van der Waals surface area contributed by atoms with Gasteiger partial charge in [0.2, 0.25) is 4.80 Å². The lowest BCUT2D eigenvalue weighted by Crippen LogP contribution is -2.48. The van der Waals surface area contributed by atoms with Crippen LogP contribution >= 0.6 is 11.3 Å². The number of hydrogen-bond donors (Lipinski definition) is 0. The van der Waals surface area contributed by atoms with Gasteiger partial charge in [-0.3, -0.25) is 4.99 Å².